The maximum atomic E-state index is 12.2. The highest BCUT2D eigenvalue weighted by atomic mass is 32.2. The number of carbonyl (C=O) groups is 1. The Morgan fingerprint density at radius 3 is 2.67 bits per heavy atom. The highest BCUT2D eigenvalue weighted by Gasteiger charge is 2.32. The first kappa shape index (κ1) is 15.4. The molecule has 6 nitrogen and oxygen atoms in total. The molecular formula is C11H22N2O4S. The Hall–Kier alpha value is -0.660. The van der Waals surface area contributed by atoms with Crippen LogP contribution in [0, 0.1) is 5.92 Å². The molecule has 0 aromatic carbocycles. The van der Waals surface area contributed by atoms with Gasteiger partial charge in [0.25, 0.3) is 0 Å². The van der Waals surface area contributed by atoms with Crippen molar-refractivity contribution >= 4 is 15.9 Å². The van der Waals surface area contributed by atoms with Gasteiger partial charge in [0.1, 0.15) is 0 Å². The number of carbonyl (C=O) groups excluding carboxylic acids is 1. The summed E-state index contributed by atoms with van der Waals surface area (Å²) in [6.07, 6.45) is 2.57. The summed E-state index contributed by atoms with van der Waals surface area (Å²) in [5.41, 5.74) is 0. The Labute approximate surface area is 109 Å². The van der Waals surface area contributed by atoms with Gasteiger partial charge in [-0.2, -0.15) is 0 Å². The van der Waals surface area contributed by atoms with Crippen molar-refractivity contribution in [3.63, 3.8) is 0 Å². The third kappa shape index (κ3) is 3.66. The van der Waals surface area contributed by atoms with E-state index in [-0.39, 0.29) is 31.0 Å². The Balaban J connectivity index is 2.70. The van der Waals surface area contributed by atoms with Gasteiger partial charge in [-0.05, 0) is 19.8 Å². The van der Waals surface area contributed by atoms with E-state index in [0.717, 1.165) is 0 Å². The lowest BCUT2D eigenvalue weighted by atomic mass is 9.98. The standard InChI is InChI=1S/C11H22N2O4S/c1-9(8-14)12(2)11(15)10-5-4-6-13(7-10)18(3,16)17/h9-10,14H,4-8H2,1-3H3. The summed E-state index contributed by atoms with van der Waals surface area (Å²) in [6.45, 7) is 2.40. The second kappa shape index (κ2) is 5.99. The molecule has 0 saturated carbocycles. The van der Waals surface area contributed by atoms with Crippen LogP contribution in [0.3, 0.4) is 0 Å². The van der Waals surface area contributed by atoms with E-state index in [4.69, 9.17) is 5.11 Å². The van der Waals surface area contributed by atoms with Crippen molar-refractivity contribution in [2.24, 2.45) is 5.92 Å². The van der Waals surface area contributed by atoms with Crippen LogP contribution in [-0.4, -0.2) is 67.7 Å². The molecule has 1 aliphatic rings. The van der Waals surface area contributed by atoms with Crippen LogP contribution in [0.1, 0.15) is 19.8 Å². The van der Waals surface area contributed by atoms with Crippen molar-refractivity contribution < 1.29 is 18.3 Å². The highest BCUT2D eigenvalue weighted by molar-refractivity contribution is 7.88. The van der Waals surface area contributed by atoms with Gasteiger partial charge in [0, 0.05) is 20.1 Å². The maximum absolute atomic E-state index is 12.2. The van der Waals surface area contributed by atoms with Gasteiger partial charge in [0.05, 0.1) is 24.8 Å². The quantitative estimate of drug-likeness (QED) is 0.752. The lowest BCUT2D eigenvalue weighted by Crippen LogP contribution is -2.48. The Morgan fingerprint density at radius 2 is 2.17 bits per heavy atom. The Bertz CT molecular complexity index is 396. The van der Waals surface area contributed by atoms with Gasteiger partial charge in [0.15, 0.2) is 0 Å². The molecule has 1 N–H and O–H groups in total. The van der Waals surface area contributed by atoms with Crippen molar-refractivity contribution in [1.82, 2.24) is 9.21 Å². The summed E-state index contributed by atoms with van der Waals surface area (Å²) in [4.78, 5) is 13.7. The molecule has 2 atom stereocenters. The first-order chi connectivity index (χ1) is 8.27. The van der Waals surface area contributed by atoms with Crippen LogP contribution < -0.4 is 0 Å². The zero-order valence-corrected chi connectivity index (χ0v) is 12.0. The molecule has 1 fully saturated rings. The molecule has 0 aliphatic carbocycles. The summed E-state index contributed by atoms with van der Waals surface area (Å²) in [5.74, 6) is -0.391. The molecule has 0 spiro atoms. The molecular weight excluding hydrogens is 256 g/mol. The Morgan fingerprint density at radius 1 is 1.56 bits per heavy atom. The monoisotopic (exact) mass is 278 g/mol. The van der Waals surface area contributed by atoms with Crippen LogP contribution in [0.2, 0.25) is 0 Å². The summed E-state index contributed by atoms with van der Waals surface area (Å²) < 4.78 is 24.3. The van der Waals surface area contributed by atoms with Crippen LogP contribution >= 0.6 is 0 Å². The smallest absolute Gasteiger partial charge is 0.227 e. The molecule has 1 aliphatic heterocycles. The van der Waals surface area contributed by atoms with Gasteiger partial charge in [-0.1, -0.05) is 0 Å². The van der Waals surface area contributed by atoms with Crippen molar-refractivity contribution in [1.29, 1.82) is 0 Å². The molecule has 1 saturated heterocycles. The number of piperidine rings is 1. The van der Waals surface area contributed by atoms with E-state index in [1.54, 1.807) is 14.0 Å². The van der Waals surface area contributed by atoms with Crippen molar-refractivity contribution in [3.8, 4) is 0 Å². The van der Waals surface area contributed by atoms with Crippen LogP contribution in [0.5, 0.6) is 0 Å². The number of rotatable bonds is 4. The van der Waals surface area contributed by atoms with E-state index in [0.29, 0.717) is 19.4 Å². The fourth-order valence-corrected chi connectivity index (χ4v) is 2.98. The van der Waals surface area contributed by atoms with E-state index in [1.807, 2.05) is 0 Å². The van der Waals surface area contributed by atoms with Crippen LogP contribution in [-0.2, 0) is 14.8 Å². The molecule has 0 aromatic rings. The predicted octanol–water partition coefficient (Wildman–Crippen LogP) is -0.503. The molecule has 0 radical (unpaired) electrons. The van der Waals surface area contributed by atoms with E-state index in [9.17, 15) is 13.2 Å². The van der Waals surface area contributed by atoms with Gasteiger partial charge < -0.3 is 10.0 Å². The van der Waals surface area contributed by atoms with E-state index in [2.05, 4.69) is 0 Å². The molecule has 18 heavy (non-hydrogen) atoms. The van der Waals surface area contributed by atoms with Gasteiger partial charge in [-0.25, -0.2) is 12.7 Å². The largest absolute Gasteiger partial charge is 0.394 e. The number of hydrogen-bond donors (Lipinski definition) is 1. The number of aliphatic hydroxyl groups is 1. The average molecular weight is 278 g/mol. The maximum Gasteiger partial charge on any atom is 0.227 e. The normalized spacial score (nSPS) is 23.7. The number of hydrogen-bond acceptors (Lipinski definition) is 4. The number of nitrogens with zero attached hydrogens (tertiary/aromatic N) is 2. The molecule has 0 aromatic heterocycles. The third-order valence-corrected chi connectivity index (χ3v) is 4.75. The molecule has 1 rings (SSSR count). The Kier molecular flexibility index (Phi) is 5.12. The minimum absolute atomic E-state index is 0.0925. The summed E-state index contributed by atoms with van der Waals surface area (Å²) >= 11 is 0. The molecule has 1 amide bonds. The first-order valence-electron chi connectivity index (χ1n) is 6.10. The van der Waals surface area contributed by atoms with Crippen LogP contribution in [0.15, 0.2) is 0 Å². The second-order valence-electron chi connectivity index (χ2n) is 4.94. The molecule has 1 heterocycles. The zero-order chi connectivity index (χ0) is 13.9. The molecule has 0 bridgehead atoms. The lowest BCUT2D eigenvalue weighted by Gasteiger charge is -2.34. The second-order valence-corrected chi connectivity index (χ2v) is 6.92. The van der Waals surface area contributed by atoms with Crippen molar-refractivity contribution in [3.05, 3.63) is 0 Å². The topological polar surface area (TPSA) is 77.9 Å². The summed E-state index contributed by atoms with van der Waals surface area (Å²) in [5, 5.41) is 9.03. The predicted molar refractivity (Wildman–Crippen MR) is 68.5 cm³/mol. The minimum atomic E-state index is -3.23. The fourth-order valence-electron chi connectivity index (χ4n) is 2.07. The first-order valence-corrected chi connectivity index (χ1v) is 7.95. The lowest BCUT2D eigenvalue weighted by molar-refractivity contribution is -0.137. The molecule has 7 heteroatoms. The molecule has 2 unspecified atom stereocenters. The van der Waals surface area contributed by atoms with Crippen LogP contribution in [0.25, 0.3) is 0 Å². The van der Waals surface area contributed by atoms with Gasteiger partial charge >= 0.3 is 0 Å². The third-order valence-electron chi connectivity index (χ3n) is 3.48. The van der Waals surface area contributed by atoms with E-state index >= 15 is 0 Å². The average Bonchev–Trinajstić information content (AvgIpc) is 2.35. The highest BCUT2D eigenvalue weighted by Crippen LogP contribution is 2.21. The van der Waals surface area contributed by atoms with E-state index in [1.165, 1.54) is 15.5 Å². The number of aliphatic hydroxyl groups excluding tert-OH is 1. The fraction of sp³-hybridized carbons (Fsp3) is 0.909. The summed E-state index contributed by atoms with van der Waals surface area (Å²) in [7, 11) is -1.59. The van der Waals surface area contributed by atoms with Gasteiger partial charge in [-0.3, -0.25) is 4.79 Å². The van der Waals surface area contributed by atoms with E-state index < -0.39 is 10.0 Å². The minimum Gasteiger partial charge on any atom is -0.394 e. The number of sulfonamides is 1. The van der Waals surface area contributed by atoms with Crippen molar-refractivity contribution in [2.45, 2.75) is 25.8 Å². The van der Waals surface area contributed by atoms with Crippen molar-refractivity contribution in [2.75, 3.05) is 33.0 Å². The molecule has 106 valence electrons. The SMILES string of the molecule is CC(CO)N(C)C(=O)C1CCCN(S(C)(=O)=O)C1. The number of likely N-dealkylation sites (N-methyl/N-ethyl adjacent to an activating group) is 1. The number of amides is 1. The zero-order valence-electron chi connectivity index (χ0n) is 11.2. The summed E-state index contributed by atoms with van der Waals surface area (Å²) in [6, 6.07) is -0.244. The van der Waals surface area contributed by atoms with Gasteiger partial charge in [-0.15, -0.1) is 0 Å². The van der Waals surface area contributed by atoms with Crippen LogP contribution in [0.4, 0.5) is 0 Å². The van der Waals surface area contributed by atoms with Gasteiger partial charge in [0.2, 0.25) is 15.9 Å².